The smallest absolute Gasteiger partial charge is 0.131 e. The predicted molar refractivity (Wildman–Crippen MR) is 72.2 cm³/mol. The average Bonchev–Trinajstić information content (AvgIpc) is 2.77. The predicted octanol–water partition coefficient (Wildman–Crippen LogP) is 3.36. The number of benzene rings is 1. The van der Waals surface area contributed by atoms with Crippen molar-refractivity contribution in [3.05, 3.63) is 29.6 Å². The average molecular weight is 251 g/mol. The van der Waals surface area contributed by atoms with E-state index >= 15 is 0 Å². The lowest BCUT2D eigenvalue weighted by Gasteiger charge is -2.24. The summed E-state index contributed by atoms with van der Waals surface area (Å²) in [4.78, 5) is 2.20. The van der Waals surface area contributed by atoms with Gasteiger partial charge in [0.2, 0.25) is 0 Å². The monoisotopic (exact) mass is 251 g/mol. The number of halogens is 1. The van der Waals surface area contributed by atoms with Crippen LogP contribution in [0.5, 0.6) is 0 Å². The van der Waals surface area contributed by atoms with Crippen LogP contribution in [0.2, 0.25) is 0 Å². The fraction of sp³-hybridized carbons (Fsp3) is 0.600. The molecule has 1 N–H and O–H groups in total. The van der Waals surface area contributed by atoms with Crippen molar-refractivity contribution in [1.29, 1.82) is 0 Å². The maximum atomic E-state index is 13.8. The van der Waals surface area contributed by atoms with E-state index < -0.39 is 6.10 Å². The summed E-state index contributed by atoms with van der Waals surface area (Å²) in [6.07, 6.45) is 0.382. The minimum atomic E-state index is -0.765. The van der Waals surface area contributed by atoms with Crippen molar-refractivity contribution >= 4 is 5.69 Å². The van der Waals surface area contributed by atoms with Gasteiger partial charge in [-0.3, -0.25) is 0 Å². The lowest BCUT2D eigenvalue weighted by Crippen LogP contribution is -2.23. The van der Waals surface area contributed by atoms with Crippen LogP contribution in [0.25, 0.3) is 0 Å². The van der Waals surface area contributed by atoms with E-state index in [1.165, 1.54) is 6.07 Å². The van der Waals surface area contributed by atoms with Gasteiger partial charge in [-0.15, -0.1) is 0 Å². The van der Waals surface area contributed by atoms with E-state index in [1.54, 1.807) is 13.0 Å². The fourth-order valence-electron chi connectivity index (χ4n) is 2.77. The van der Waals surface area contributed by atoms with E-state index in [4.69, 9.17) is 0 Å². The molecule has 1 aliphatic rings. The Hall–Kier alpha value is -1.09. The molecule has 100 valence electrons. The molecule has 0 spiro atoms. The molecule has 1 saturated heterocycles. The molecule has 1 fully saturated rings. The van der Waals surface area contributed by atoms with Gasteiger partial charge in [-0.05, 0) is 37.3 Å². The van der Waals surface area contributed by atoms with Crippen LogP contribution in [0.15, 0.2) is 18.2 Å². The summed E-state index contributed by atoms with van der Waals surface area (Å²) >= 11 is 0. The Morgan fingerprint density at radius 1 is 1.33 bits per heavy atom. The number of aliphatic hydroxyl groups is 1. The third-order valence-electron chi connectivity index (χ3n) is 3.96. The van der Waals surface area contributed by atoms with Crippen LogP contribution >= 0.6 is 0 Å². The van der Waals surface area contributed by atoms with Gasteiger partial charge < -0.3 is 10.0 Å². The molecule has 0 aromatic heterocycles. The van der Waals surface area contributed by atoms with Crippen LogP contribution in [0.3, 0.4) is 0 Å². The highest BCUT2D eigenvalue weighted by atomic mass is 19.1. The summed E-state index contributed by atoms with van der Waals surface area (Å²) in [6.45, 7) is 8.00. The van der Waals surface area contributed by atoms with Crippen molar-refractivity contribution < 1.29 is 9.50 Å². The van der Waals surface area contributed by atoms with Crippen LogP contribution in [-0.2, 0) is 0 Å². The molecule has 0 bridgehead atoms. The van der Waals surface area contributed by atoms with Crippen molar-refractivity contribution in [1.82, 2.24) is 0 Å². The van der Waals surface area contributed by atoms with Gasteiger partial charge in [0, 0.05) is 24.3 Å². The molecule has 1 aromatic rings. The third kappa shape index (κ3) is 2.51. The molecule has 2 rings (SSSR count). The minimum Gasteiger partial charge on any atom is -0.389 e. The molecule has 18 heavy (non-hydrogen) atoms. The van der Waals surface area contributed by atoms with Gasteiger partial charge in [-0.25, -0.2) is 4.39 Å². The number of nitrogens with zero attached hydrogens (tertiary/aromatic N) is 1. The molecule has 2 nitrogen and oxygen atoms in total. The maximum absolute atomic E-state index is 13.8. The Bertz CT molecular complexity index is 417. The van der Waals surface area contributed by atoms with E-state index in [9.17, 15) is 9.50 Å². The molecule has 0 saturated carbocycles. The summed E-state index contributed by atoms with van der Waals surface area (Å²) in [6, 6.07) is 5.05. The first-order valence-corrected chi connectivity index (χ1v) is 6.72. The van der Waals surface area contributed by atoms with Crippen LogP contribution in [0, 0.1) is 17.7 Å². The fourth-order valence-corrected chi connectivity index (χ4v) is 2.77. The van der Waals surface area contributed by atoms with Crippen molar-refractivity contribution in [3.63, 3.8) is 0 Å². The van der Waals surface area contributed by atoms with E-state index in [0.717, 1.165) is 25.2 Å². The zero-order chi connectivity index (χ0) is 13.3. The Morgan fingerprint density at radius 3 is 2.61 bits per heavy atom. The topological polar surface area (TPSA) is 23.5 Å². The molecule has 0 aliphatic carbocycles. The first-order chi connectivity index (χ1) is 8.50. The summed E-state index contributed by atoms with van der Waals surface area (Å²) in [7, 11) is 0. The maximum Gasteiger partial charge on any atom is 0.131 e. The summed E-state index contributed by atoms with van der Waals surface area (Å²) in [5.41, 5.74) is 1.29. The van der Waals surface area contributed by atoms with Crippen LogP contribution in [-0.4, -0.2) is 18.2 Å². The van der Waals surface area contributed by atoms with Gasteiger partial charge in [0.1, 0.15) is 5.82 Å². The van der Waals surface area contributed by atoms with E-state index in [1.807, 2.05) is 6.07 Å². The number of anilines is 1. The second-order valence-electron chi connectivity index (χ2n) is 5.59. The standard InChI is InChI=1S/C15H22FNO/c1-10(2)12-7-8-17(9-12)14-6-4-5-13(16)15(14)11(3)18/h4-6,10-12,18H,7-9H2,1-3H3. The summed E-state index contributed by atoms with van der Waals surface area (Å²) in [5.74, 6) is 1.00. The van der Waals surface area contributed by atoms with Crippen molar-refractivity contribution in [2.24, 2.45) is 11.8 Å². The van der Waals surface area contributed by atoms with Crippen LogP contribution in [0.4, 0.5) is 10.1 Å². The Kier molecular flexibility index (Phi) is 3.91. The molecule has 0 radical (unpaired) electrons. The zero-order valence-corrected chi connectivity index (χ0v) is 11.4. The Balaban J connectivity index is 2.27. The first-order valence-electron chi connectivity index (χ1n) is 6.72. The highest BCUT2D eigenvalue weighted by Gasteiger charge is 2.27. The Morgan fingerprint density at radius 2 is 2.06 bits per heavy atom. The number of hydrogen-bond acceptors (Lipinski definition) is 2. The second kappa shape index (κ2) is 5.27. The van der Waals surface area contributed by atoms with Gasteiger partial charge >= 0.3 is 0 Å². The lowest BCUT2D eigenvalue weighted by molar-refractivity contribution is 0.194. The van der Waals surface area contributed by atoms with E-state index in [-0.39, 0.29) is 5.82 Å². The van der Waals surface area contributed by atoms with E-state index in [2.05, 4.69) is 18.7 Å². The molecule has 2 unspecified atom stereocenters. The van der Waals surface area contributed by atoms with Gasteiger partial charge in [0.25, 0.3) is 0 Å². The first kappa shape index (κ1) is 13.3. The molecular weight excluding hydrogens is 229 g/mol. The number of hydrogen-bond donors (Lipinski definition) is 1. The second-order valence-corrected chi connectivity index (χ2v) is 5.59. The van der Waals surface area contributed by atoms with Crippen LogP contribution in [0.1, 0.15) is 38.9 Å². The molecule has 1 heterocycles. The third-order valence-corrected chi connectivity index (χ3v) is 3.96. The van der Waals surface area contributed by atoms with Crippen molar-refractivity contribution in [2.45, 2.75) is 33.3 Å². The quantitative estimate of drug-likeness (QED) is 0.890. The largest absolute Gasteiger partial charge is 0.389 e. The van der Waals surface area contributed by atoms with Crippen LogP contribution < -0.4 is 4.90 Å². The van der Waals surface area contributed by atoms with Gasteiger partial charge in [0.05, 0.1) is 6.10 Å². The molecule has 1 aromatic carbocycles. The Labute approximate surface area is 108 Å². The van der Waals surface area contributed by atoms with E-state index in [0.29, 0.717) is 17.4 Å². The number of rotatable bonds is 3. The highest BCUT2D eigenvalue weighted by Crippen LogP contribution is 2.34. The SMILES string of the molecule is CC(O)c1c(F)cccc1N1CCC(C(C)C)C1. The summed E-state index contributed by atoms with van der Waals surface area (Å²) in [5, 5.41) is 9.75. The van der Waals surface area contributed by atoms with Crippen molar-refractivity contribution in [2.75, 3.05) is 18.0 Å². The zero-order valence-electron chi connectivity index (χ0n) is 11.4. The molecule has 3 heteroatoms. The molecular formula is C15H22FNO. The van der Waals surface area contributed by atoms with Gasteiger partial charge in [-0.1, -0.05) is 19.9 Å². The molecule has 0 amide bonds. The molecule has 2 atom stereocenters. The lowest BCUT2D eigenvalue weighted by atomic mass is 9.95. The van der Waals surface area contributed by atoms with Gasteiger partial charge in [-0.2, -0.15) is 0 Å². The number of aliphatic hydroxyl groups excluding tert-OH is 1. The highest BCUT2D eigenvalue weighted by molar-refractivity contribution is 5.55. The van der Waals surface area contributed by atoms with Gasteiger partial charge in [0.15, 0.2) is 0 Å². The normalized spacial score (nSPS) is 21.7. The van der Waals surface area contributed by atoms with Crippen molar-refractivity contribution in [3.8, 4) is 0 Å². The summed E-state index contributed by atoms with van der Waals surface area (Å²) < 4.78 is 13.8. The molecule has 1 aliphatic heterocycles. The minimum absolute atomic E-state index is 0.310.